The second-order valence-corrected chi connectivity index (χ2v) is 5.73. The van der Waals surface area contributed by atoms with E-state index in [1.807, 2.05) is 0 Å². The third kappa shape index (κ3) is 2.82. The molecule has 84 valence electrons. The highest BCUT2D eigenvalue weighted by atomic mass is 32.1. The smallest absolute Gasteiger partial charge is 0.0616 e. The lowest BCUT2D eigenvalue weighted by Gasteiger charge is -2.17. The Labute approximate surface area is 96.1 Å². The van der Waals surface area contributed by atoms with Crippen LogP contribution >= 0.6 is 11.3 Å². The summed E-state index contributed by atoms with van der Waals surface area (Å²) in [6.45, 7) is 2.26. The Morgan fingerprint density at radius 2 is 2.40 bits per heavy atom. The molecule has 1 nitrogen and oxygen atoms in total. The second kappa shape index (κ2) is 5.13. The van der Waals surface area contributed by atoms with Gasteiger partial charge in [0.05, 0.1) is 6.10 Å². The van der Waals surface area contributed by atoms with E-state index in [9.17, 15) is 5.11 Å². The summed E-state index contributed by atoms with van der Waals surface area (Å²) < 4.78 is 0. The van der Waals surface area contributed by atoms with Crippen LogP contribution in [0.15, 0.2) is 17.5 Å². The van der Waals surface area contributed by atoms with Gasteiger partial charge >= 0.3 is 0 Å². The normalized spacial score (nSPS) is 28.1. The lowest BCUT2D eigenvalue weighted by molar-refractivity contribution is 0.109. The zero-order valence-electron chi connectivity index (χ0n) is 9.36. The van der Waals surface area contributed by atoms with Crippen LogP contribution in [0.5, 0.6) is 0 Å². The van der Waals surface area contributed by atoms with E-state index in [-0.39, 0.29) is 6.10 Å². The third-order valence-corrected chi connectivity index (χ3v) is 4.59. The molecule has 3 atom stereocenters. The average Bonchev–Trinajstić information content (AvgIpc) is 2.86. The van der Waals surface area contributed by atoms with Crippen molar-refractivity contribution in [2.75, 3.05) is 0 Å². The van der Waals surface area contributed by atoms with Crippen molar-refractivity contribution in [2.24, 2.45) is 11.8 Å². The number of hydrogen-bond acceptors (Lipinski definition) is 2. The van der Waals surface area contributed by atoms with Crippen LogP contribution in [0, 0.1) is 11.8 Å². The summed E-state index contributed by atoms with van der Waals surface area (Å²) in [5, 5.41) is 12.2. The van der Waals surface area contributed by atoms with Crippen LogP contribution in [0.4, 0.5) is 0 Å². The van der Waals surface area contributed by atoms with Crippen molar-refractivity contribution in [1.82, 2.24) is 0 Å². The Bertz CT molecular complexity index is 281. The van der Waals surface area contributed by atoms with Gasteiger partial charge in [-0.15, -0.1) is 11.3 Å². The van der Waals surface area contributed by atoms with Gasteiger partial charge in [0, 0.05) is 11.3 Å². The fourth-order valence-electron chi connectivity index (χ4n) is 2.64. The molecule has 1 aliphatic rings. The Kier molecular flexibility index (Phi) is 3.81. The van der Waals surface area contributed by atoms with Crippen LogP contribution in [0.3, 0.4) is 0 Å². The van der Waals surface area contributed by atoms with Crippen molar-refractivity contribution in [2.45, 2.75) is 45.1 Å². The average molecular weight is 224 g/mol. The fraction of sp³-hybridized carbons (Fsp3) is 0.692. The predicted molar refractivity (Wildman–Crippen MR) is 65.2 cm³/mol. The SMILES string of the molecule is CCC1CCC(C(O)Cc2cccs2)C1. The van der Waals surface area contributed by atoms with Crippen molar-refractivity contribution in [3.05, 3.63) is 22.4 Å². The molecule has 3 unspecified atom stereocenters. The van der Waals surface area contributed by atoms with Crippen LogP contribution in [-0.4, -0.2) is 11.2 Å². The van der Waals surface area contributed by atoms with Gasteiger partial charge in [-0.2, -0.15) is 0 Å². The molecule has 1 fully saturated rings. The minimum absolute atomic E-state index is 0.111. The summed E-state index contributed by atoms with van der Waals surface area (Å²) >= 11 is 1.76. The maximum absolute atomic E-state index is 10.1. The van der Waals surface area contributed by atoms with Gasteiger partial charge < -0.3 is 5.11 Å². The van der Waals surface area contributed by atoms with E-state index in [4.69, 9.17) is 0 Å². The largest absolute Gasteiger partial charge is 0.392 e. The maximum Gasteiger partial charge on any atom is 0.0616 e. The van der Waals surface area contributed by atoms with Crippen LogP contribution in [0.1, 0.15) is 37.5 Å². The highest BCUT2D eigenvalue weighted by molar-refractivity contribution is 7.09. The third-order valence-electron chi connectivity index (χ3n) is 3.69. The molecule has 2 rings (SSSR count). The van der Waals surface area contributed by atoms with Gasteiger partial charge in [-0.3, -0.25) is 0 Å². The molecule has 1 N–H and O–H groups in total. The van der Waals surface area contributed by atoms with E-state index in [0.717, 1.165) is 12.3 Å². The molecule has 0 saturated heterocycles. The molecular weight excluding hydrogens is 204 g/mol. The van der Waals surface area contributed by atoms with Crippen molar-refractivity contribution in [1.29, 1.82) is 0 Å². The zero-order valence-corrected chi connectivity index (χ0v) is 10.2. The Morgan fingerprint density at radius 3 is 3.00 bits per heavy atom. The molecule has 0 aliphatic heterocycles. The number of aliphatic hydroxyl groups is 1. The second-order valence-electron chi connectivity index (χ2n) is 4.70. The standard InChI is InChI=1S/C13H20OS/c1-2-10-5-6-11(8-10)13(14)9-12-4-3-7-15-12/h3-4,7,10-11,13-14H,2,5-6,8-9H2,1H3. The van der Waals surface area contributed by atoms with Crippen LogP contribution < -0.4 is 0 Å². The first-order valence-electron chi connectivity index (χ1n) is 6.00. The molecule has 1 heterocycles. The Morgan fingerprint density at radius 1 is 1.53 bits per heavy atom. The van der Waals surface area contributed by atoms with Crippen molar-refractivity contribution in [3.63, 3.8) is 0 Å². The van der Waals surface area contributed by atoms with Gasteiger partial charge in [-0.1, -0.05) is 25.8 Å². The lowest BCUT2D eigenvalue weighted by Crippen LogP contribution is -2.20. The predicted octanol–water partition coefficient (Wildman–Crippen LogP) is 3.48. The number of aliphatic hydroxyl groups excluding tert-OH is 1. The molecule has 2 heteroatoms. The molecule has 0 amide bonds. The summed E-state index contributed by atoms with van der Waals surface area (Å²) in [6, 6.07) is 4.19. The van der Waals surface area contributed by atoms with Crippen LogP contribution in [0.25, 0.3) is 0 Å². The van der Waals surface area contributed by atoms with Crippen molar-refractivity contribution in [3.8, 4) is 0 Å². The van der Waals surface area contributed by atoms with Crippen molar-refractivity contribution >= 4 is 11.3 Å². The molecule has 1 aliphatic carbocycles. The monoisotopic (exact) mass is 224 g/mol. The quantitative estimate of drug-likeness (QED) is 0.830. The minimum Gasteiger partial charge on any atom is -0.392 e. The molecule has 0 aromatic carbocycles. The highest BCUT2D eigenvalue weighted by Crippen LogP contribution is 2.35. The molecule has 0 spiro atoms. The topological polar surface area (TPSA) is 20.2 Å². The molecule has 1 aromatic rings. The van der Waals surface area contributed by atoms with Gasteiger partial charge in [0.1, 0.15) is 0 Å². The molecule has 0 radical (unpaired) electrons. The van der Waals surface area contributed by atoms with Gasteiger partial charge in [0.15, 0.2) is 0 Å². The van der Waals surface area contributed by atoms with Gasteiger partial charge in [-0.25, -0.2) is 0 Å². The first kappa shape index (κ1) is 11.2. The Balaban J connectivity index is 1.84. The van der Waals surface area contributed by atoms with E-state index in [1.54, 1.807) is 11.3 Å². The maximum atomic E-state index is 10.1. The van der Waals surface area contributed by atoms with Gasteiger partial charge in [0.2, 0.25) is 0 Å². The van der Waals surface area contributed by atoms with E-state index >= 15 is 0 Å². The van der Waals surface area contributed by atoms with E-state index in [1.165, 1.54) is 30.6 Å². The first-order chi connectivity index (χ1) is 7.29. The molecular formula is C13H20OS. The summed E-state index contributed by atoms with van der Waals surface area (Å²) in [5.41, 5.74) is 0. The minimum atomic E-state index is -0.111. The summed E-state index contributed by atoms with van der Waals surface area (Å²) in [7, 11) is 0. The van der Waals surface area contributed by atoms with E-state index in [2.05, 4.69) is 24.4 Å². The number of thiophene rings is 1. The number of hydrogen-bond donors (Lipinski definition) is 1. The summed E-state index contributed by atoms with van der Waals surface area (Å²) in [6.07, 6.45) is 5.82. The number of rotatable bonds is 4. The molecule has 0 bridgehead atoms. The van der Waals surface area contributed by atoms with E-state index < -0.39 is 0 Å². The highest BCUT2D eigenvalue weighted by Gasteiger charge is 2.28. The lowest BCUT2D eigenvalue weighted by atomic mass is 9.95. The van der Waals surface area contributed by atoms with Crippen LogP contribution in [0.2, 0.25) is 0 Å². The first-order valence-corrected chi connectivity index (χ1v) is 6.88. The fourth-order valence-corrected chi connectivity index (χ4v) is 3.39. The molecule has 1 aromatic heterocycles. The molecule has 15 heavy (non-hydrogen) atoms. The Hall–Kier alpha value is -0.340. The van der Waals surface area contributed by atoms with E-state index in [0.29, 0.717) is 5.92 Å². The van der Waals surface area contributed by atoms with Gasteiger partial charge in [0.25, 0.3) is 0 Å². The summed E-state index contributed by atoms with van der Waals surface area (Å²) in [4.78, 5) is 1.32. The zero-order chi connectivity index (χ0) is 10.7. The van der Waals surface area contributed by atoms with Crippen LogP contribution in [-0.2, 0) is 6.42 Å². The van der Waals surface area contributed by atoms with Crippen molar-refractivity contribution < 1.29 is 5.11 Å². The van der Waals surface area contributed by atoms with Gasteiger partial charge in [-0.05, 0) is 36.1 Å². The molecule has 1 saturated carbocycles. The summed E-state index contributed by atoms with van der Waals surface area (Å²) in [5.74, 6) is 1.42.